The quantitative estimate of drug-likeness (QED) is 0.564. The lowest BCUT2D eigenvalue weighted by atomic mass is 10.4. The summed E-state index contributed by atoms with van der Waals surface area (Å²) in [5.74, 6) is 0. The minimum absolute atomic E-state index is 0.966. The number of hydrogen-bond acceptors (Lipinski definition) is 2. The van der Waals surface area contributed by atoms with Crippen LogP contribution in [0.4, 0.5) is 0 Å². The lowest BCUT2D eigenvalue weighted by molar-refractivity contribution is 0.920. The maximum Gasteiger partial charge on any atom is 0.0328 e. The average molecular weight is 126 g/mol. The van der Waals surface area contributed by atoms with Gasteiger partial charge < -0.3 is 5.32 Å². The first kappa shape index (κ1) is 8.21. The van der Waals surface area contributed by atoms with Gasteiger partial charge in [0.15, 0.2) is 0 Å². The van der Waals surface area contributed by atoms with Gasteiger partial charge in [0.25, 0.3) is 0 Å². The standard InChI is InChI=1S/C7H14N2/c1-4-9-6-5-7(2)8-3/h5-6,9H,4H2,1-3H3/b6-5-,8-7-. The molecule has 0 aliphatic rings. The highest BCUT2D eigenvalue weighted by Gasteiger charge is 1.75. The van der Waals surface area contributed by atoms with Gasteiger partial charge >= 0.3 is 0 Å². The van der Waals surface area contributed by atoms with Gasteiger partial charge in [-0.2, -0.15) is 0 Å². The van der Waals surface area contributed by atoms with E-state index < -0.39 is 0 Å². The zero-order valence-corrected chi connectivity index (χ0v) is 6.31. The third-order valence-corrected chi connectivity index (χ3v) is 0.999. The predicted octanol–water partition coefficient (Wildman–Crippen LogP) is 1.20. The summed E-state index contributed by atoms with van der Waals surface area (Å²) in [6, 6.07) is 0. The second-order valence-electron chi connectivity index (χ2n) is 1.76. The zero-order chi connectivity index (χ0) is 7.11. The summed E-state index contributed by atoms with van der Waals surface area (Å²) in [6.45, 7) is 4.99. The minimum Gasteiger partial charge on any atom is -0.391 e. The SMILES string of the molecule is CCN/C=C\C(C)=N/C. The molecule has 1 N–H and O–H groups in total. The van der Waals surface area contributed by atoms with Crippen molar-refractivity contribution in [3.63, 3.8) is 0 Å². The monoisotopic (exact) mass is 126 g/mol. The summed E-state index contributed by atoms with van der Waals surface area (Å²) < 4.78 is 0. The van der Waals surface area contributed by atoms with Crippen molar-refractivity contribution in [2.75, 3.05) is 13.6 Å². The minimum atomic E-state index is 0.966. The van der Waals surface area contributed by atoms with Crippen LogP contribution >= 0.6 is 0 Å². The van der Waals surface area contributed by atoms with E-state index in [1.807, 2.05) is 19.2 Å². The largest absolute Gasteiger partial charge is 0.391 e. The second kappa shape index (κ2) is 5.35. The van der Waals surface area contributed by atoms with Crippen molar-refractivity contribution in [1.82, 2.24) is 5.32 Å². The summed E-state index contributed by atoms with van der Waals surface area (Å²) in [5, 5.41) is 3.05. The molecule has 0 saturated carbocycles. The average Bonchev–Trinajstić information content (AvgIpc) is 1.89. The van der Waals surface area contributed by atoms with Gasteiger partial charge in [0.1, 0.15) is 0 Å². The van der Waals surface area contributed by atoms with Gasteiger partial charge in [-0.25, -0.2) is 0 Å². The Hall–Kier alpha value is -0.790. The number of rotatable bonds is 3. The smallest absolute Gasteiger partial charge is 0.0328 e. The van der Waals surface area contributed by atoms with Crippen molar-refractivity contribution in [3.05, 3.63) is 12.3 Å². The van der Waals surface area contributed by atoms with Crippen LogP contribution < -0.4 is 5.32 Å². The molecule has 0 spiro atoms. The predicted molar refractivity (Wildman–Crippen MR) is 41.8 cm³/mol. The first-order valence-electron chi connectivity index (χ1n) is 3.14. The van der Waals surface area contributed by atoms with Crippen LogP contribution in [0.15, 0.2) is 17.3 Å². The lowest BCUT2D eigenvalue weighted by Gasteiger charge is -1.90. The molecule has 52 valence electrons. The van der Waals surface area contributed by atoms with E-state index in [0.717, 1.165) is 12.3 Å². The number of nitrogens with zero attached hydrogens (tertiary/aromatic N) is 1. The van der Waals surface area contributed by atoms with Gasteiger partial charge in [0.2, 0.25) is 0 Å². The molecular weight excluding hydrogens is 112 g/mol. The molecule has 0 radical (unpaired) electrons. The molecule has 2 nitrogen and oxygen atoms in total. The van der Waals surface area contributed by atoms with E-state index in [1.54, 1.807) is 7.05 Å². The van der Waals surface area contributed by atoms with Crippen molar-refractivity contribution in [1.29, 1.82) is 0 Å². The molecule has 0 atom stereocenters. The molecule has 0 aromatic carbocycles. The molecule has 0 aliphatic carbocycles. The van der Waals surface area contributed by atoms with Crippen LogP contribution in [0.2, 0.25) is 0 Å². The van der Waals surface area contributed by atoms with E-state index in [0.29, 0.717) is 0 Å². The maximum absolute atomic E-state index is 3.95. The van der Waals surface area contributed by atoms with E-state index in [4.69, 9.17) is 0 Å². The van der Waals surface area contributed by atoms with Gasteiger partial charge in [-0.1, -0.05) is 0 Å². The highest BCUT2D eigenvalue weighted by Crippen LogP contribution is 1.75. The molecular formula is C7H14N2. The first-order valence-corrected chi connectivity index (χ1v) is 3.14. The van der Waals surface area contributed by atoms with E-state index in [1.165, 1.54) is 0 Å². The zero-order valence-electron chi connectivity index (χ0n) is 6.31. The molecule has 2 heteroatoms. The Bertz CT molecular complexity index is 114. The lowest BCUT2D eigenvalue weighted by Crippen LogP contribution is -2.02. The van der Waals surface area contributed by atoms with Gasteiger partial charge in [-0.3, -0.25) is 4.99 Å². The van der Waals surface area contributed by atoms with E-state index in [9.17, 15) is 0 Å². The summed E-state index contributed by atoms with van der Waals surface area (Å²) in [7, 11) is 1.78. The van der Waals surface area contributed by atoms with Gasteiger partial charge in [0.05, 0.1) is 0 Å². The topological polar surface area (TPSA) is 24.4 Å². The first-order chi connectivity index (χ1) is 4.31. The van der Waals surface area contributed by atoms with Crippen molar-refractivity contribution < 1.29 is 0 Å². The van der Waals surface area contributed by atoms with E-state index >= 15 is 0 Å². The van der Waals surface area contributed by atoms with Crippen LogP contribution in [0, 0.1) is 0 Å². The van der Waals surface area contributed by atoms with Gasteiger partial charge in [0, 0.05) is 19.3 Å². The molecule has 0 aliphatic heterocycles. The number of allylic oxidation sites excluding steroid dienone is 1. The molecule has 0 saturated heterocycles. The summed E-state index contributed by atoms with van der Waals surface area (Å²) in [6.07, 6.45) is 3.85. The number of nitrogens with one attached hydrogen (secondary N) is 1. The Kier molecular flexibility index (Phi) is 4.88. The maximum atomic E-state index is 3.95. The van der Waals surface area contributed by atoms with Crippen LogP contribution in [0.1, 0.15) is 13.8 Å². The fourth-order valence-corrected chi connectivity index (χ4v) is 0.372. The van der Waals surface area contributed by atoms with Crippen molar-refractivity contribution in [3.8, 4) is 0 Å². The summed E-state index contributed by atoms with van der Waals surface area (Å²) in [5.41, 5.74) is 1.04. The Labute approximate surface area is 56.7 Å². The molecule has 9 heavy (non-hydrogen) atoms. The Morgan fingerprint density at radius 3 is 2.78 bits per heavy atom. The normalized spacial score (nSPS) is 12.6. The molecule has 0 fully saturated rings. The molecule has 0 unspecified atom stereocenters. The number of aliphatic imine (C=N–C) groups is 1. The molecule has 0 heterocycles. The Morgan fingerprint density at radius 2 is 2.33 bits per heavy atom. The fraction of sp³-hybridized carbons (Fsp3) is 0.571. The summed E-state index contributed by atoms with van der Waals surface area (Å²) in [4.78, 5) is 3.95. The molecule has 0 aromatic heterocycles. The van der Waals surface area contributed by atoms with Gasteiger partial charge in [-0.05, 0) is 26.1 Å². The highest BCUT2D eigenvalue weighted by molar-refractivity contribution is 5.92. The van der Waals surface area contributed by atoms with Crippen LogP contribution in [0.25, 0.3) is 0 Å². The number of hydrogen-bond donors (Lipinski definition) is 1. The molecule has 0 bridgehead atoms. The van der Waals surface area contributed by atoms with Crippen LogP contribution in [-0.4, -0.2) is 19.3 Å². The van der Waals surface area contributed by atoms with Crippen molar-refractivity contribution in [2.24, 2.45) is 4.99 Å². The van der Waals surface area contributed by atoms with Crippen LogP contribution in [-0.2, 0) is 0 Å². The van der Waals surface area contributed by atoms with Crippen LogP contribution in [0.5, 0.6) is 0 Å². The molecule has 0 amide bonds. The van der Waals surface area contributed by atoms with E-state index in [-0.39, 0.29) is 0 Å². The summed E-state index contributed by atoms with van der Waals surface area (Å²) >= 11 is 0. The Morgan fingerprint density at radius 1 is 1.67 bits per heavy atom. The van der Waals surface area contributed by atoms with Gasteiger partial charge in [-0.15, -0.1) is 0 Å². The Balaban J connectivity index is 3.45. The molecule has 0 rings (SSSR count). The second-order valence-corrected chi connectivity index (χ2v) is 1.76. The highest BCUT2D eigenvalue weighted by atomic mass is 14.8. The molecule has 0 aromatic rings. The van der Waals surface area contributed by atoms with Crippen LogP contribution in [0.3, 0.4) is 0 Å². The van der Waals surface area contributed by atoms with E-state index in [2.05, 4.69) is 17.2 Å². The fourth-order valence-electron chi connectivity index (χ4n) is 0.372. The third-order valence-electron chi connectivity index (χ3n) is 0.999. The van der Waals surface area contributed by atoms with Crippen molar-refractivity contribution >= 4 is 5.71 Å². The van der Waals surface area contributed by atoms with Crippen molar-refractivity contribution in [2.45, 2.75) is 13.8 Å². The third kappa shape index (κ3) is 5.07.